The van der Waals surface area contributed by atoms with Crippen molar-refractivity contribution < 1.29 is 9.59 Å². The molecule has 0 bridgehead atoms. The Labute approximate surface area is 107 Å². The molecule has 2 amide bonds. The van der Waals surface area contributed by atoms with Crippen LogP contribution in [0.3, 0.4) is 0 Å². The molecule has 0 aliphatic heterocycles. The second kappa shape index (κ2) is 6.14. The molecule has 0 atom stereocenters. The van der Waals surface area contributed by atoms with Gasteiger partial charge in [0.1, 0.15) is 0 Å². The molecular weight excluding hydrogens is 230 g/mol. The maximum Gasteiger partial charge on any atom is 0.309 e. The van der Waals surface area contributed by atoms with Gasteiger partial charge in [-0.2, -0.15) is 0 Å². The van der Waals surface area contributed by atoms with Gasteiger partial charge >= 0.3 is 11.8 Å². The summed E-state index contributed by atoms with van der Waals surface area (Å²) in [5, 5.41) is 5.14. The van der Waals surface area contributed by atoms with Gasteiger partial charge in [0.15, 0.2) is 0 Å². The summed E-state index contributed by atoms with van der Waals surface area (Å²) in [6.45, 7) is 6.73. The van der Waals surface area contributed by atoms with E-state index < -0.39 is 11.8 Å². The lowest BCUT2D eigenvalue weighted by molar-refractivity contribution is -0.139. The van der Waals surface area contributed by atoms with Crippen molar-refractivity contribution in [2.75, 3.05) is 6.54 Å². The summed E-state index contributed by atoms with van der Waals surface area (Å²) in [5.41, 5.74) is 0.814. The first-order chi connectivity index (χ1) is 8.38. The van der Waals surface area contributed by atoms with Crippen molar-refractivity contribution in [2.24, 2.45) is 5.41 Å². The van der Waals surface area contributed by atoms with Crippen LogP contribution in [0.25, 0.3) is 0 Å². The average molecular weight is 249 g/mol. The van der Waals surface area contributed by atoms with Gasteiger partial charge in [-0.3, -0.25) is 14.6 Å². The summed E-state index contributed by atoms with van der Waals surface area (Å²) in [6, 6.07) is 3.61. The van der Waals surface area contributed by atoms with E-state index in [9.17, 15) is 9.59 Å². The van der Waals surface area contributed by atoms with Gasteiger partial charge in [0.05, 0.1) is 0 Å². The molecule has 1 aromatic heterocycles. The first-order valence-electron chi connectivity index (χ1n) is 5.83. The monoisotopic (exact) mass is 249 g/mol. The lowest BCUT2D eigenvalue weighted by Crippen LogP contribution is -2.42. The molecule has 0 aliphatic rings. The van der Waals surface area contributed by atoms with Gasteiger partial charge in [-0.05, 0) is 17.0 Å². The predicted octanol–water partition coefficient (Wildman–Crippen LogP) is 0.860. The molecule has 0 saturated heterocycles. The zero-order chi connectivity index (χ0) is 13.6. The van der Waals surface area contributed by atoms with Gasteiger partial charge in [-0.25, -0.2) is 0 Å². The molecule has 0 unspecified atom stereocenters. The molecule has 0 aromatic carbocycles. The van der Waals surface area contributed by atoms with Crippen molar-refractivity contribution in [3.05, 3.63) is 30.1 Å². The first kappa shape index (κ1) is 14.2. The van der Waals surface area contributed by atoms with Crippen LogP contribution in [0.4, 0.5) is 0 Å². The largest absolute Gasteiger partial charge is 0.347 e. The fourth-order valence-corrected chi connectivity index (χ4v) is 1.19. The Morgan fingerprint density at radius 3 is 2.44 bits per heavy atom. The minimum absolute atomic E-state index is 0.0424. The van der Waals surface area contributed by atoms with E-state index >= 15 is 0 Å². The number of nitrogens with zero attached hydrogens (tertiary/aromatic N) is 1. The van der Waals surface area contributed by atoms with Crippen molar-refractivity contribution >= 4 is 11.8 Å². The molecule has 98 valence electrons. The summed E-state index contributed by atoms with van der Waals surface area (Å²) in [6.07, 6.45) is 3.30. The third-order valence-electron chi connectivity index (χ3n) is 2.16. The molecule has 5 nitrogen and oxygen atoms in total. The summed E-state index contributed by atoms with van der Waals surface area (Å²) in [5.74, 6) is -1.23. The van der Waals surface area contributed by atoms with Gasteiger partial charge in [0.2, 0.25) is 0 Å². The SMILES string of the molecule is CC(C)(C)CNC(=O)C(=O)NCc1cccnc1. The van der Waals surface area contributed by atoms with Gasteiger partial charge < -0.3 is 10.6 Å². The van der Waals surface area contributed by atoms with E-state index in [1.807, 2.05) is 26.8 Å². The lowest BCUT2D eigenvalue weighted by Gasteiger charge is -2.18. The number of hydrogen-bond acceptors (Lipinski definition) is 3. The Balaban J connectivity index is 2.35. The molecule has 2 N–H and O–H groups in total. The Kier molecular flexibility index (Phi) is 4.83. The van der Waals surface area contributed by atoms with Crippen LogP contribution in [-0.2, 0) is 16.1 Å². The number of pyridine rings is 1. The van der Waals surface area contributed by atoms with E-state index in [0.717, 1.165) is 5.56 Å². The van der Waals surface area contributed by atoms with Gasteiger partial charge in [0.25, 0.3) is 0 Å². The Morgan fingerprint density at radius 1 is 1.22 bits per heavy atom. The molecular formula is C13H19N3O2. The van der Waals surface area contributed by atoms with Crippen LogP contribution >= 0.6 is 0 Å². The van der Waals surface area contributed by atoms with E-state index in [0.29, 0.717) is 13.1 Å². The Bertz CT molecular complexity index is 410. The average Bonchev–Trinajstić information content (AvgIpc) is 2.33. The van der Waals surface area contributed by atoms with Crippen molar-refractivity contribution in [1.29, 1.82) is 0 Å². The zero-order valence-electron chi connectivity index (χ0n) is 11.0. The summed E-state index contributed by atoms with van der Waals surface area (Å²) in [7, 11) is 0. The van der Waals surface area contributed by atoms with Crippen LogP contribution in [0.1, 0.15) is 26.3 Å². The number of carbonyl (C=O) groups excluding carboxylic acids is 2. The molecule has 0 spiro atoms. The highest BCUT2D eigenvalue weighted by Crippen LogP contribution is 2.09. The summed E-state index contributed by atoms with van der Waals surface area (Å²) < 4.78 is 0. The topological polar surface area (TPSA) is 71.1 Å². The smallest absolute Gasteiger partial charge is 0.309 e. The molecule has 18 heavy (non-hydrogen) atoms. The highest BCUT2D eigenvalue weighted by molar-refractivity contribution is 6.35. The second-order valence-corrected chi connectivity index (χ2v) is 5.29. The second-order valence-electron chi connectivity index (χ2n) is 5.29. The van der Waals surface area contributed by atoms with Crippen LogP contribution < -0.4 is 10.6 Å². The Morgan fingerprint density at radius 2 is 1.89 bits per heavy atom. The van der Waals surface area contributed by atoms with E-state index in [2.05, 4.69) is 15.6 Å². The van der Waals surface area contributed by atoms with Gasteiger partial charge in [0, 0.05) is 25.5 Å². The molecule has 1 aromatic rings. The number of hydrogen-bond donors (Lipinski definition) is 2. The van der Waals surface area contributed by atoms with Crippen molar-refractivity contribution in [3.8, 4) is 0 Å². The Hall–Kier alpha value is -1.91. The number of nitrogens with one attached hydrogen (secondary N) is 2. The van der Waals surface area contributed by atoms with E-state index in [-0.39, 0.29) is 5.41 Å². The van der Waals surface area contributed by atoms with Crippen molar-refractivity contribution in [1.82, 2.24) is 15.6 Å². The van der Waals surface area contributed by atoms with Crippen LogP contribution in [0, 0.1) is 5.41 Å². The number of carbonyl (C=O) groups is 2. The number of rotatable bonds is 3. The minimum Gasteiger partial charge on any atom is -0.347 e. The normalized spacial score (nSPS) is 10.8. The molecule has 1 heterocycles. The van der Waals surface area contributed by atoms with Gasteiger partial charge in [-0.1, -0.05) is 26.8 Å². The van der Waals surface area contributed by atoms with E-state index in [1.54, 1.807) is 18.5 Å². The third-order valence-corrected chi connectivity index (χ3v) is 2.16. The lowest BCUT2D eigenvalue weighted by atomic mass is 9.97. The summed E-state index contributed by atoms with van der Waals surface area (Å²) >= 11 is 0. The number of aromatic nitrogens is 1. The van der Waals surface area contributed by atoms with Crippen LogP contribution in [0.15, 0.2) is 24.5 Å². The molecule has 1 rings (SSSR count). The fraction of sp³-hybridized carbons (Fsp3) is 0.462. The molecule has 0 fully saturated rings. The maximum absolute atomic E-state index is 11.5. The molecule has 5 heteroatoms. The van der Waals surface area contributed by atoms with Crippen molar-refractivity contribution in [2.45, 2.75) is 27.3 Å². The third kappa shape index (κ3) is 5.43. The van der Waals surface area contributed by atoms with E-state index in [1.165, 1.54) is 0 Å². The first-order valence-corrected chi connectivity index (χ1v) is 5.83. The minimum atomic E-state index is -0.622. The van der Waals surface area contributed by atoms with Crippen LogP contribution in [0.2, 0.25) is 0 Å². The zero-order valence-corrected chi connectivity index (χ0v) is 11.0. The molecule has 0 aliphatic carbocycles. The van der Waals surface area contributed by atoms with Gasteiger partial charge in [-0.15, -0.1) is 0 Å². The standard InChI is InChI=1S/C13H19N3O2/c1-13(2,3)9-16-12(18)11(17)15-8-10-5-4-6-14-7-10/h4-7H,8-9H2,1-3H3,(H,15,17)(H,16,18). The summed E-state index contributed by atoms with van der Waals surface area (Å²) in [4.78, 5) is 26.9. The number of amides is 2. The van der Waals surface area contributed by atoms with Crippen LogP contribution in [0.5, 0.6) is 0 Å². The predicted molar refractivity (Wildman–Crippen MR) is 68.5 cm³/mol. The van der Waals surface area contributed by atoms with Crippen molar-refractivity contribution in [3.63, 3.8) is 0 Å². The maximum atomic E-state index is 11.5. The molecule has 0 radical (unpaired) electrons. The fourth-order valence-electron chi connectivity index (χ4n) is 1.19. The quantitative estimate of drug-likeness (QED) is 0.780. The highest BCUT2D eigenvalue weighted by atomic mass is 16.2. The van der Waals surface area contributed by atoms with E-state index in [4.69, 9.17) is 0 Å². The van der Waals surface area contributed by atoms with Crippen LogP contribution in [-0.4, -0.2) is 23.3 Å². The highest BCUT2D eigenvalue weighted by Gasteiger charge is 2.16. The molecule has 0 saturated carbocycles.